The van der Waals surface area contributed by atoms with Gasteiger partial charge in [-0.3, -0.25) is 9.69 Å². The van der Waals surface area contributed by atoms with E-state index in [1.807, 2.05) is 4.90 Å². The van der Waals surface area contributed by atoms with Crippen molar-refractivity contribution in [1.82, 2.24) is 15.1 Å². The molecule has 20 heavy (non-hydrogen) atoms. The Balaban J connectivity index is 1.85. The summed E-state index contributed by atoms with van der Waals surface area (Å²) in [4.78, 5) is 16.6. The molecule has 4 nitrogen and oxygen atoms in total. The van der Waals surface area contributed by atoms with Crippen molar-refractivity contribution in [2.24, 2.45) is 11.3 Å². The molecule has 1 aliphatic carbocycles. The topological polar surface area (TPSA) is 35.6 Å². The Hall–Kier alpha value is -0.610. The zero-order valence-electron chi connectivity index (χ0n) is 13.6. The number of carbonyl (C=O) groups excluding carboxylic acids is 1. The van der Waals surface area contributed by atoms with Gasteiger partial charge in [0, 0.05) is 32.2 Å². The van der Waals surface area contributed by atoms with E-state index in [0.29, 0.717) is 29.8 Å². The molecule has 2 unspecified atom stereocenters. The first-order valence-corrected chi connectivity index (χ1v) is 8.08. The van der Waals surface area contributed by atoms with Crippen LogP contribution in [-0.2, 0) is 4.79 Å². The lowest BCUT2D eigenvalue weighted by Crippen LogP contribution is -2.51. The summed E-state index contributed by atoms with van der Waals surface area (Å²) in [6.07, 6.45) is 3.76. The van der Waals surface area contributed by atoms with Crippen molar-refractivity contribution in [2.75, 3.05) is 39.8 Å². The van der Waals surface area contributed by atoms with E-state index < -0.39 is 0 Å². The molecule has 4 heteroatoms. The molecule has 0 aromatic carbocycles. The first kappa shape index (κ1) is 15.8. The molecule has 2 atom stereocenters. The highest BCUT2D eigenvalue weighted by Gasteiger charge is 2.35. The fourth-order valence-corrected chi connectivity index (χ4v) is 3.93. The van der Waals surface area contributed by atoms with Crippen LogP contribution in [0.2, 0.25) is 0 Å². The summed E-state index contributed by atoms with van der Waals surface area (Å²) in [5, 5.41) is 3.29. The Bertz CT molecular complexity index is 337. The number of piperazine rings is 1. The largest absolute Gasteiger partial charge is 0.339 e. The van der Waals surface area contributed by atoms with Crippen molar-refractivity contribution in [3.63, 3.8) is 0 Å². The maximum Gasteiger partial charge on any atom is 0.236 e. The second-order valence-electron chi connectivity index (χ2n) is 7.50. The smallest absolute Gasteiger partial charge is 0.236 e. The lowest BCUT2D eigenvalue weighted by atomic mass is 9.70. The molecule has 2 aliphatic rings. The summed E-state index contributed by atoms with van der Waals surface area (Å²) in [6, 6.07) is 0.565. The van der Waals surface area contributed by atoms with Crippen LogP contribution in [0, 0.1) is 11.3 Å². The van der Waals surface area contributed by atoms with Crippen LogP contribution in [-0.4, -0.2) is 61.5 Å². The van der Waals surface area contributed by atoms with Crippen LogP contribution in [0.5, 0.6) is 0 Å². The van der Waals surface area contributed by atoms with Crippen LogP contribution in [0.1, 0.15) is 40.0 Å². The standard InChI is InChI=1S/C16H31N3O/c1-13-11-16(2,3)6-5-14(13)18(4)12-15(20)19-9-7-17-8-10-19/h13-14,17H,5-12H2,1-4H3. The maximum absolute atomic E-state index is 12.3. The third-order valence-electron chi connectivity index (χ3n) is 5.07. The molecule has 0 aromatic rings. The zero-order valence-corrected chi connectivity index (χ0v) is 13.6. The second-order valence-corrected chi connectivity index (χ2v) is 7.50. The summed E-state index contributed by atoms with van der Waals surface area (Å²) in [5.74, 6) is 0.977. The quantitative estimate of drug-likeness (QED) is 0.853. The summed E-state index contributed by atoms with van der Waals surface area (Å²) >= 11 is 0. The van der Waals surface area contributed by atoms with Gasteiger partial charge >= 0.3 is 0 Å². The summed E-state index contributed by atoms with van der Waals surface area (Å²) in [5.41, 5.74) is 0.472. The van der Waals surface area contributed by atoms with Crippen LogP contribution < -0.4 is 5.32 Å². The molecule has 2 fully saturated rings. The van der Waals surface area contributed by atoms with E-state index in [4.69, 9.17) is 0 Å². The Morgan fingerprint density at radius 3 is 2.60 bits per heavy atom. The average Bonchev–Trinajstić information content (AvgIpc) is 2.38. The average molecular weight is 281 g/mol. The molecule has 0 radical (unpaired) electrons. The highest BCUT2D eigenvalue weighted by Crippen LogP contribution is 2.40. The fourth-order valence-electron chi connectivity index (χ4n) is 3.93. The molecule has 1 heterocycles. The van der Waals surface area contributed by atoms with Crippen LogP contribution in [0.4, 0.5) is 0 Å². The van der Waals surface area contributed by atoms with Gasteiger partial charge in [0.2, 0.25) is 5.91 Å². The van der Waals surface area contributed by atoms with Crippen molar-refractivity contribution >= 4 is 5.91 Å². The van der Waals surface area contributed by atoms with Gasteiger partial charge in [0.15, 0.2) is 0 Å². The fraction of sp³-hybridized carbons (Fsp3) is 0.938. The Kier molecular flexibility index (Phi) is 5.08. The normalized spacial score (nSPS) is 30.6. The van der Waals surface area contributed by atoms with E-state index in [1.54, 1.807) is 0 Å². The number of carbonyl (C=O) groups is 1. The third kappa shape index (κ3) is 3.95. The molecule has 1 amide bonds. The second kappa shape index (κ2) is 6.44. The number of amides is 1. The zero-order chi connectivity index (χ0) is 14.8. The van der Waals surface area contributed by atoms with E-state index in [2.05, 4.69) is 38.0 Å². The van der Waals surface area contributed by atoms with Crippen molar-refractivity contribution < 1.29 is 4.79 Å². The first-order chi connectivity index (χ1) is 9.39. The molecule has 0 spiro atoms. The summed E-state index contributed by atoms with van der Waals surface area (Å²) < 4.78 is 0. The molecule has 0 bridgehead atoms. The van der Waals surface area contributed by atoms with Gasteiger partial charge in [-0.05, 0) is 37.6 Å². The van der Waals surface area contributed by atoms with Crippen LogP contribution >= 0.6 is 0 Å². The molecular weight excluding hydrogens is 250 g/mol. The van der Waals surface area contributed by atoms with E-state index in [0.717, 1.165) is 26.2 Å². The summed E-state index contributed by atoms with van der Waals surface area (Å²) in [6.45, 7) is 11.2. The van der Waals surface area contributed by atoms with E-state index in [9.17, 15) is 4.79 Å². The van der Waals surface area contributed by atoms with Gasteiger partial charge in [0.05, 0.1) is 6.54 Å². The summed E-state index contributed by atoms with van der Waals surface area (Å²) in [7, 11) is 2.12. The lowest BCUT2D eigenvalue weighted by Gasteiger charge is -2.43. The van der Waals surface area contributed by atoms with Crippen molar-refractivity contribution in [3.05, 3.63) is 0 Å². The van der Waals surface area contributed by atoms with Gasteiger partial charge < -0.3 is 10.2 Å². The highest BCUT2D eigenvalue weighted by atomic mass is 16.2. The Morgan fingerprint density at radius 1 is 1.35 bits per heavy atom. The monoisotopic (exact) mass is 281 g/mol. The minimum atomic E-state index is 0.297. The number of nitrogens with zero attached hydrogens (tertiary/aromatic N) is 2. The molecule has 116 valence electrons. The Labute approximate surface area is 123 Å². The predicted molar refractivity (Wildman–Crippen MR) is 82.7 cm³/mol. The van der Waals surface area contributed by atoms with Gasteiger partial charge in [0.25, 0.3) is 0 Å². The third-order valence-corrected chi connectivity index (χ3v) is 5.07. The molecular formula is C16H31N3O. The molecule has 0 aromatic heterocycles. The molecule has 2 rings (SSSR count). The van der Waals surface area contributed by atoms with E-state index in [1.165, 1.54) is 19.3 Å². The lowest BCUT2D eigenvalue weighted by molar-refractivity contribution is -0.133. The minimum absolute atomic E-state index is 0.297. The van der Waals surface area contributed by atoms with Gasteiger partial charge in [-0.25, -0.2) is 0 Å². The predicted octanol–water partition coefficient (Wildman–Crippen LogP) is 1.56. The molecule has 1 saturated heterocycles. The number of hydrogen-bond acceptors (Lipinski definition) is 3. The highest BCUT2D eigenvalue weighted by molar-refractivity contribution is 5.78. The van der Waals surface area contributed by atoms with Gasteiger partial charge in [0.1, 0.15) is 0 Å². The van der Waals surface area contributed by atoms with E-state index >= 15 is 0 Å². The van der Waals surface area contributed by atoms with Crippen LogP contribution in [0.15, 0.2) is 0 Å². The van der Waals surface area contributed by atoms with Crippen LogP contribution in [0.25, 0.3) is 0 Å². The van der Waals surface area contributed by atoms with Gasteiger partial charge in [-0.15, -0.1) is 0 Å². The van der Waals surface area contributed by atoms with Crippen molar-refractivity contribution in [2.45, 2.75) is 46.1 Å². The molecule has 1 aliphatic heterocycles. The van der Waals surface area contributed by atoms with E-state index in [-0.39, 0.29) is 0 Å². The number of likely N-dealkylation sites (N-methyl/N-ethyl adjacent to an activating group) is 1. The number of hydrogen-bond donors (Lipinski definition) is 1. The van der Waals surface area contributed by atoms with Gasteiger partial charge in [-0.1, -0.05) is 20.8 Å². The SMILES string of the molecule is CC1CC(C)(C)CCC1N(C)CC(=O)N1CCNCC1. The van der Waals surface area contributed by atoms with Crippen molar-refractivity contribution in [3.8, 4) is 0 Å². The number of nitrogens with one attached hydrogen (secondary N) is 1. The first-order valence-electron chi connectivity index (χ1n) is 8.08. The molecule has 1 N–H and O–H groups in total. The Morgan fingerprint density at radius 2 is 2.00 bits per heavy atom. The van der Waals surface area contributed by atoms with Crippen LogP contribution in [0.3, 0.4) is 0 Å². The number of rotatable bonds is 3. The van der Waals surface area contributed by atoms with Gasteiger partial charge in [-0.2, -0.15) is 0 Å². The minimum Gasteiger partial charge on any atom is -0.339 e. The molecule has 1 saturated carbocycles. The van der Waals surface area contributed by atoms with Crippen molar-refractivity contribution in [1.29, 1.82) is 0 Å². The maximum atomic E-state index is 12.3.